The first-order chi connectivity index (χ1) is 27.8. The zero-order valence-corrected chi connectivity index (χ0v) is 30.4. The molecule has 1 heteroatoms. The van der Waals surface area contributed by atoms with Crippen LogP contribution in [0.3, 0.4) is 0 Å². The Morgan fingerprint density at radius 3 is 1.71 bits per heavy atom. The van der Waals surface area contributed by atoms with Crippen molar-refractivity contribution in [1.82, 2.24) is 0 Å². The van der Waals surface area contributed by atoms with Gasteiger partial charge in [-0.1, -0.05) is 164 Å². The van der Waals surface area contributed by atoms with Gasteiger partial charge in [0.05, 0.1) is 5.41 Å². The Labute approximate surface area is 324 Å². The number of para-hydroxylation sites is 1. The van der Waals surface area contributed by atoms with Crippen molar-refractivity contribution >= 4 is 32.3 Å². The maximum absolute atomic E-state index is 6.52. The number of hydrogen-bond acceptors (Lipinski definition) is 1. The molecular formula is C55H32O. The van der Waals surface area contributed by atoms with Crippen LogP contribution >= 0.6 is 0 Å². The molecular weight excluding hydrogens is 677 g/mol. The highest BCUT2D eigenvalue weighted by molar-refractivity contribution is 6.13. The monoisotopic (exact) mass is 708 g/mol. The quantitative estimate of drug-likeness (QED) is 0.174. The Morgan fingerprint density at radius 1 is 0.321 bits per heavy atom. The van der Waals surface area contributed by atoms with Crippen LogP contribution in [0.4, 0.5) is 0 Å². The minimum Gasteiger partial charge on any atom is -0.456 e. The van der Waals surface area contributed by atoms with Crippen molar-refractivity contribution in [1.29, 1.82) is 0 Å². The number of fused-ring (bicyclic) bond motifs is 15. The lowest BCUT2D eigenvalue weighted by Gasteiger charge is -2.32. The van der Waals surface area contributed by atoms with E-state index in [4.69, 9.17) is 4.74 Å². The average molecular weight is 709 g/mol. The van der Waals surface area contributed by atoms with Crippen LogP contribution in [0.1, 0.15) is 22.3 Å². The normalized spacial score (nSPS) is 13.6. The molecule has 0 unspecified atom stereocenters. The first kappa shape index (κ1) is 30.1. The van der Waals surface area contributed by atoms with Gasteiger partial charge in [-0.05, 0) is 130 Å². The summed E-state index contributed by atoms with van der Waals surface area (Å²) in [4.78, 5) is 0. The van der Waals surface area contributed by atoms with Crippen LogP contribution in [0.2, 0.25) is 0 Å². The molecule has 0 bridgehead atoms. The van der Waals surface area contributed by atoms with Crippen LogP contribution in [0.25, 0.3) is 88.0 Å². The lowest BCUT2D eigenvalue weighted by molar-refractivity contribution is 0.487. The van der Waals surface area contributed by atoms with Crippen LogP contribution in [0.15, 0.2) is 194 Å². The summed E-state index contributed by atoms with van der Waals surface area (Å²) < 4.78 is 6.52. The SMILES string of the molecule is c1ccc2c(c1)Oc1ccc(-c3ccc4cc(-c5ccc6ccccc6c5)c5c(c4c3)C3(c4ccccc4-c4ccccc43)c3ccccc3-5)c3cccc-2c13. The summed E-state index contributed by atoms with van der Waals surface area (Å²) in [6.45, 7) is 0. The molecule has 1 nitrogen and oxygen atoms in total. The molecule has 3 aliphatic rings. The van der Waals surface area contributed by atoms with Crippen LogP contribution in [0, 0.1) is 0 Å². The largest absolute Gasteiger partial charge is 0.456 e. The Balaban J connectivity index is 1.16. The van der Waals surface area contributed by atoms with Gasteiger partial charge in [-0.3, -0.25) is 0 Å². The summed E-state index contributed by atoms with van der Waals surface area (Å²) in [6, 6.07) is 72.2. The standard InChI is InChI=1S/C55H32O/c1-2-13-34-30-35(25-24-33(34)12-1)45-31-37-27-26-36(38-28-29-51-52-42(38)18-11-19-43(52)41-16-6-10-23-50(41)56-51)32-46(37)54-53(45)44-17-5-9-22-49(44)55(54)47-20-7-3-14-39(47)40-15-4-8-21-48(40)55/h1-32H. The summed E-state index contributed by atoms with van der Waals surface area (Å²) in [7, 11) is 0. The second-order valence-electron chi connectivity index (χ2n) is 15.5. The van der Waals surface area contributed by atoms with Crippen LogP contribution < -0.4 is 4.74 Å². The molecule has 1 spiro atoms. The molecule has 0 N–H and O–H groups in total. The average Bonchev–Trinajstić information content (AvgIpc) is 3.74. The van der Waals surface area contributed by atoms with Gasteiger partial charge in [-0.25, -0.2) is 0 Å². The fourth-order valence-corrected chi connectivity index (χ4v) is 10.6. The van der Waals surface area contributed by atoms with E-state index in [0.29, 0.717) is 0 Å². The van der Waals surface area contributed by atoms with Crippen molar-refractivity contribution in [2.75, 3.05) is 0 Å². The Kier molecular flexibility index (Phi) is 5.89. The molecule has 10 aromatic carbocycles. The highest BCUT2D eigenvalue weighted by Crippen LogP contribution is 2.65. The number of benzene rings is 10. The molecule has 2 aliphatic carbocycles. The molecule has 0 aromatic heterocycles. The van der Waals surface area contributed by atoms with E-state index in [1.807, 2.05) is 6.07 Å². The van der Waals surface area contributed by atoms with E-state index in [1.165, 1.54) is 105 Å². The number of rotatable bonds is 2. The van der Waals surface area contributed by atoms with Gasteiger partial charge in [0, 0.05) is 10.9 Å². The fraction of sp³-hybridized carbons (Fsp3) is 0.0182. The van der Waals surface area contributed by atoms with Gasteiger partial charge < -0.3 is 4.74 Å². The minimum absolute atomic E-state index is 0.486. The highest BCUT2D eigenvalue weighted by Gasteiger charge is 2.53. The van der Waals surface area contributed by atoms with Crippen molar-refractivity contribution < 1.29 is 4.74 Å². The maximum Gasteiger partial charge on any atom is 0.135 e. The second kappa shape index (κ2) is 10.9. The molecule has 10 aromatic rings. The van der Waals surface area contributed by atoms with Gasteiger partial charge >= 0.3 is 0 Å². The molecule has 1 heterocycles. The molecule has 0 amide bonds. The smallest absolute Gasteiger partial charge is 0.135 e. The molecule has 0 atom stereocenters. The highest BCUT2D eigenvalue weighted by atomic mass is 16.5. The summed E-state index contributed by atoms with van der Waals surface area (Å²) in [5.74, 6) is 1.82. The van der Waals surface area contributed by atoms with E-state index in [1.54, 1.807) is 0 Å². The lowest BCUT2D eigenvalue weighted by Crippen LogP contribution is -2.26. The van der Waals surface area contributed by atoms with E-state index in [-0.39, 0.29) is 0 Å². The molecule has 1 aliphatic heterocycles. The van der Waals surface area contributed by atoms with E-state index in [9.17, 15) is 0 Å². The predicted octanol–water partition coefficient (Wildman–Crippen LogP) is 14.6. The van der Waals surface area contributed by atoms with Gasteiger partial charge in [-0.15, -0.1) is 0 Å². The number of ether oxygens (including phenoxy) is 1. The third kappa shape index (κ3) is 3.79. The summed E-state index contributed by atoms with van der Waals surface area (Å²) >= 11 is 0. The van der Waals surface area contributed by atoms with Crippen molar-refractivity contribution in [3.63, 3.8) is 0 Å². The maximum atomic E-state index is 6.52. The first-order valence-corrected chi connectivity index (χ1v) is 19.5. The third-order valence-corrected chi connectivity index (χ3v) is 12.8. The molecule has 0 saturated heterocycles. The molecule has 0 radical (unpaired) electrons. The fourth-order valence-electron chi connectivity index (χ4n) is 10.6. The van der Waals surface area contributed by atoms with Crippen molar-refractivity contribution in [3.8, 4) is 67.1 Å². The molecule has 56 heavy (non-hydrogen) atoms. The van der Waals surface area contributed by atoms with Crippen LogP contribution in [-0.4, -0.2) is 0 Å². The minimum atomic E-state index is -0.486. The van der Waals surface area contributed by atoms with Gasteiger partial charge in [0.25, 0.3) is 0 Å². The van der Waals surface area contributed by atoms with Gasteiger partial charge in [0.1, 0.15) is 11.5 Å². The first-order valence-electron chi connectivity index (χ1n) is 19.5. The van der Waals surface area contributed by atoms with Crippen molar-refractivity contribution in [3.05, 3.63) is 216 Å². The topological polar surface area (TPSA) is 9.23 Å². The summed E-state index contributed by atoms with van der Waals surface area (Å²) in [5, 5.41) is 7.40. The van der Waals surface area contributed by atoms with Crippen molar-refractivity contribution in [2.24, 2.45) is 0 Å². The Morgan fingerprint density at radius 2 is 0.929 bits per heavy atom. The van der Waals surface area contributed by atoms with Gasteiger partial charge in [0.15, 0.2) is 0 Å². The van der Waals surface area contributed by atoms with Crippen LogP contribution in [-0.2, 0) is 5.41 Å². The van der Waals surface area contributed by atoms with E-state index in [2.05, 4.69) is 188 Å². The Hall–Kier alpha value is -7.22. The van der Waals surface area contributed by atoms with Crippen molar-refractivity contribution in [2.45, 2.75) is 5.41 Å². The molecule has 13 rings (SSSR count). The second-order valence-corrected chi connectivity index (χ2v) is 15.5. The predicted molar refractivity (Wildman–Crippen MR) is 232 cm³/mol. The van der Waals surface area contributed by atoms with Crippen LogP contribution in [0.5, 0.6) is 11.5 Å². The summed E-state index contributed by atoms with van der Waals surface area (Å²) in [5.41, 5.74) is 17.5. The van der Waals surface area contributed by atoms with E-state index >= 15 is 0 Å². The molecule has 0 fully saturated rings. The Bertz CT molecular complexity index is 3300. The van der Waals surface area contributed by atoms with E-state index < -0.39 is 5.41 Å². The number of hydrogen-bond donors (Lipinski definition) is 0. The molecule has 0 saturated carbocycles. The third-order valence-electron chi connectivity index (χ3n) is 12.8. The summed E-state index contributed by atoms with van der Waals surface area (Å²) in [6.07, 6.45) is 0. The lowest BCUT2D eigenvalue weighted by atomic mass is 9.69. The van der Waals surface area contributed by atoms with E-state index in [0.717, 1.165) is 17.1 Å². The molecule has 258 valence electrons. The zero-order valence-electron chi connectivity index (χ0n) is 30.4. The van der Waals surface area contributed by atoms with Gasteiger partial charge in [-0.2, -0.15) is 0 Å². The van der Waals surface area contributed by atoms with Gasteiger partial charge in [0.2, 0.25) is 0 Å². The zero-order chi connectivity index (χ0) is 36.5.